The van der Waals surface area contributed by atoms with Gasteiger partial charge in [0.15, 0.2) is 5.84 Å². The highest BCUT2D eigenvalue weighted by atomic mass is 16.4. The maximum absolute atomic E-state index is 11.9. The normalized spacial score (nSPS) is 11.4. The number of benzene rings is 1. The Morgan fingerprint density at radius 3 is 2.75 bits per heavy atom. The molecule has 1 rings (SSSR count). The van der Waals surface area contributed by atoms with E-state index in [9.17, 15) is 4.79 Å². The third-order valence-electron chi connectivity index (χ3n) is 3.17. The molecule has 0 atom stereocenters. The van der Waals surface area contributed by atoms with Gasteiger partial charge in [0.05, 0.1) is 0 Å². The van der Waals surface area contributed by atoms with Crippen molar-refractivity contribution < 1.29 is 10.0 Å². The van der Waals surface area contributed by atoms with E-state index in [2.05, 4.69) is 17.4 Å². The Hall–Kier alpha value is -2.04. The molecule has 0 saturated carbocycles. The van der Waals surface area contributed by atoms with Crippen LogP contribution in [0.3, 0.4) is 0 Å². The van der Waals surface area contributed by atoms with Crippen molar-refractivity contribution in [1.29, 1.82) is 0 Å². The number of hydrogen-bond acceptors (Lipinski definition) is 3. The van der Waals surface area contributed by atoms with Crippen molar-refractivity contribution in [1.82, 2.24) is 0 Å². The molecule has 0 aliphatic carbocycles. The highest BCUT2D eigenvalue weighted by molar-refractivity contribution is 5.99. The zero-order valence-electron chi connectivity index (χ0n) is 12.1. The molecule has 110 valence electrons. The van der Waals surface area contributed by atoms with E-state index in [1.165, 1.54) is 0 Å². The summed E-state index contributed by atoms with van der Waals surface area (Å²) in [5.74, 6) is 0.0318. The quantitative estimate of drug-likeness (QED) is 0.235. The van der Waals surface area contributed by atoms with Crippen LogP contribution >= 0.6 is 0 Å². The van der Waals surface area contributed by atoms with Crippen LogP contribution in [0.15, 0.2) is 23.4 Å². The van der Waals surface area contributed by atoms with Crippen LogP contribution in [0.1, 0.15) is 50.2 Å². The van der Waals surface area contributed by atoms with Crippen molar-refractivity contribution in [2.45, 2.75) is 46.0 Å². The maximum Gasteiger partial charge on any atom is 0.224 e. The van der Waals surface area contributed by atoms with Gasteiger partial charge in [0, 0.05) is 17.7 Å². The fraction of sp³-hybridized carbons (Fsp3) is 0.467. The van der Waals surface area contributed by atoms with E-state index in [1.54, 1.807) is 12.1 Å². The maximum atomic E-state index is 11.9. The highest BCUT2D eigenvalue weighted by Gasteiger charge is 2.07. The third kappa shape index (κ3) is 4.91. The number of nitrogens with two attached hydrogens (primary N) is 1. The standard InChI is InChI=1S/C15H23N3O2/c1-3-4-5-6-7-14(19)17-13-10-12(15(16)18-20)9-8-11(13)2/h8-10,20H,3-7H2,1-2H3,(H2,16,18)(H,17,19). The SMILES string of the molecule is CCCCCCC(=O)Nc1cc(/C(N)=N/O)ccc1C. The number of unbranched alkanes of at least 4 members (excludes halogenated alkanes) is 3. The number of nitrogens with one attached hydrogen (secondary N) is 1. The second-order valence-electron chi connectivity index (χ2n) is 4.87. The first kappa shape index (κ1) is 16.0. The Morgan fingerprint density at radius 1 is 1.35 bits per heavy atom. The van der Waals surface area contributed by atoms with Crippen molar-refractivity contribution in [3.63, 3.8) is 0 Å². The van der Waals surface area contributed by atoms with Crippen LogP contribution in [0.2, 0.25) is 0 Å². The van der Waals surface area contributed by atoms with Crippen molar-refractivity contribution in [3.8, 4) is 0 Å². The number of anilines is 1. The summed E-state index contributed by atoms with van der Waals surface area (Å²) >= 11 is 0. The van der Waals surface area contributed by atoms with E-state index in [-0.39, 0.29) is 11.7 Å². The summed E-state index contributed by atoms with van der Waals surface area (Å²) in [7, 11) is 0. The molecule has 1 amide bonds. The van der Waals surface area contributed by atoms with Gasteiger partial charge in [0.1, 0.15) is 0 Å². The Bertz CT molecular complexity index is 484. The van der Waals surface area contributed by atoms with Gasteiger partial charge < -0.3 is 16.3 Å². The topological polar surface area (TPSA) is 87.7 Å². The molecule has 5 nitrogen and oxygen atoms in total. The zero-order chi connectivity index (χ0) is 15.0. The van der Waals surface area contributed by atoms with Gasteiger partial charge in [-0.15, -0.1) is 0 Å². The lowest BCUT2D eigenvalue weighted by Gasteiger charge is -2.10. The van der Waals surface area contributed by atoms with Crippen LogP contribution in [0.25, 0.3) is 0 Å². The van der Waals surface area contributed by atoms with E-state index in [0.717, 1.165) is 31.2 Å². The van der Waals surface area contributed by atoms with Crippen LogP contribution in [0.5, 0.6) is 0 Å². The second kappa shape index (κ2) is 8.19. The Balaban J connectivity index is 2.64. The second-order valence-corrected chi connectivity index (χ2v) is 4.87. The number of aryl methyl sites for hydroxylation is 1. The van der Waals surface area contributed by atoms with Crippen LogP contribution in [-0.4, -0.2) is 17.0 Å². The minimum Gasteiger partial charge on any atom is -0.409 e. The largest absolute Gasteiger partial charge is 0.409 e. The Labute approximate surface area is 119 Å². The summed E-state index contributed by atoms with van der Waals surface area (Å²) in [6, 6.07) is 5.30. The molecule has 0 aliphatic heterocycles. The molecule has 0 radical (unpaired) electrons. The van der Waals surface area contributed by atoms with Gasteiger partial charge >= 0.3 is 0 Å². The summed E-state index contributed by atoms with van der Waals surface area (Å²) in [5.41, 5.74) is 7.78. The van der Waals surface area contributed by atoms with Gasteiger partial charge in [-0.25, -0.2) is 0 Å². The molecule has 0 aliphatic rings. The van der Waals surface area contributed by atoms with Gasteiger partial charge in [-0.3, -0.25) is 4.79 Å². The lowest BCUT2D eigenvalue weighted by atomic mass is 10.1. The van der Waals surface area contributed by atoms with Crippen molar-refractivity contribution in [3.05, 3.63) is 29.3 Å². The van der Waals surface area contributed by atoms with Crippen molar-refractivity contribution in [2.75, 3.05) is 5.32 Å². The first-order valence-electron chi connectivity index (χ1n) is 6.97. The lowest BCUT2D eigenvalue weighted by Crippen LogP contribution is -2.16. The van der Waals surface area contributed by atoms with Gasteiger partial charge in [0.2, 0.25) is 5.91 Å². The first-order chi connectivity index (χ1) is 9.58. The number of carbonyl (C=O) groups excluding carboxylic acids is 1. The van der Waals surface area contributed by atoms with E-state index < -0.39 is 0 Å². The molecular weight excluding hydrogens is 254 g/mol. The molecule has 20 heavy (non-hydrogen) atoms. The van der Waals surface area contributed by atoms with E-state index in [0.29, 0.717) is 17.7 Å². The molecule has 0 bridgehead atoms. The summed E-state index contributed by atoms with van der Waals surface area (Å²) < 4.78 is 0. The molecule has 5 heteroatoms. The van der Waals surface area contributed by atoms with Gasteiger partial charge in [0.25, 0.3) is 0 Å². The van der Waals surface area contributed by atoms with Crippen LogP contribution in [0, 0.1) is 6.92 Å². The van der Waals surface area contributed by atoms with Crippen molar-refractivity contribution >= 4 is 17.4 Å². The number of amides is 1. The smallest absolute Gasteiger partial charge is 0.224 e. The number of amidine groups is 1. The number of hydrogen-bond donors (Lipinski definition) is 3. The molecule has 0 saturated heterocycles. The van der Waals surface area contributed by atoms with Crippen LogP contribution in [-0.2, 0) is 4.79 Å². The number of oxime groups is 1. The average Bonchev–Trinajstić information content (AvgIpc) is 2.45. The molecule has 4 N–H and O–H groups in total. The fourth-order valence-electron chi connectivity index (χ4n) is 1.90. The van der Waals surface area contributed by atoms with Crippen LogP contribution < -0.4 is 11.1 Å². The predicted molar refractivity (Wildman–Crippen MR) is 81.1 cm³/mol. The van der Waals surface area contributed by atoms with E-state index >= 15 is 0 Å². The Kier molecular flexibility index (Phi) is 6.56. The number of carbonyl (C=O) groups is 1. The summed E-state index contributed by atoms with van der Waals surface area (Å²) in [6.45, 7) is 4.05. The van der Waals surface area contributed by atoms with E-state index in [4.69, 9.17) is 10.9 Å². The first-order valence-corrected chi connectivity index (χ1v) is 6.97. The minimum absolute atomic E-state index is 0.000798. The molecule has 0 aromatic heterocycles. The third-order valence-corrected chi connectivity index (χ3v) is 3.17. The van der Waals surface area contributed by atoms with Gasteiger partial charge in [-0.05, 0) is 25.0 Å². The molecular formula is C15H23N3O2. The zero-order valence-corrected chi connectivity index (χ0v) is 12.1. The number of nitrogens with zero attached hydrogens (tertiary/aromatic N) is 1. The predicted octanol–water partition coefficient (Wildman–Crippen LogP) is 3.00. The molecule has 0 fully saturated rings. The summed E-state index contributed by atoms with van der Waals surface area (Å²) in [6.07, 6.45) is 4.81. The molecule has 1 aromatic carbocycles. The molecule has 0 unspecified atom stereocenters. The van der Waals surface area contributed by atoms with Gasteiger partial charge in [-0.1, -0.05) is 43.5 Å². The number of rotatable bonds is 7. The summed E-state index contributed by atoms with van der Waals surface area (Å²) in [5, 5.41) is 14.5. The average molecular weight is 277 g/mol. The molecule has 0 heterocycles. The lowest BCUT2D eigenvalue weighted by molar-refractivity contribution is -0.116. The minimum atomic E-state index is 0.000798. The highest BCUT2D eigenvalue weighted by Crippen LogP contribution is 2.17. The van der Waals surface area contributed by atoms with E-state index in [1.807, 2.05) is 13.0 Å². The summed E-state index contributed by atoms with van der Waals surface area (Å²) in [4.78, 5) is 11.9. The molecule has 1 aromatic rings. The Morgan fingerprint density at radius 2 is 2.10 bits per heavy atom. The fourth-order valence-corrected chi connectivity index (χ4v) is 1.90. The monoisotopic (exact) mass is 277 g/mol. The van der Waals surface area contributed by atoms with Gasteiger partial charge in [-0.2, -0.15) is 0 Å². The van der Waals surface area contributed by atoms with Crippen LogP contribution in [0.4, 0.5) is 5.69 Å². The molecule has 0 spiro atoms. The van der Waals surface area contributed by atoms with Crippen molar-refractivity contribution in [2.24, 2.45) is 10.9 Å².